The van der Waals surface area contributed by atoms with Crippen molar-refractivity contribution >= 4 is 17.2 Å². The first-order valence-electron chi connectivity index (χ1n) is 11.8. The van der Waals surface area contributed by atoms with E-state index in [4.69, 9.17) is 9.47 Å². The van der Waals surface area contributed by atoms with E-state index in [1.807, 2.05) is 21.2 Å². The minimum absolute atomic E-state index is 0.0210. The summed E-state index contributed by atoms with van der Waals surface area (Å²) in [6.45, 7) is 6.34. The molecule has 2 unspecified atom stereocenters. The van der Waals surface area contributed by atoms with Crippen LogP contribution in [-0.4, -0.2) is 73.4 Å². The van der Waals surface area contributed by atoms with Crippen molar-refractivity contribution in [3.05, 3.63) is 64.6 Å². The Kier molecular flexibility index (Phi) is 10.5. The van der Waals surface area contributed by atoms with Crippen molar-refractivity contribution in [3.63, 3.8) is 0 Å². The Labute approximate surface area is 205 Å². The molecule has 1 aliphatic heterocycles. The van der Waals surface area contributed by atoms with Crippen LogP contribution in [0.5, 0.6) is 5.75 Å². The second kappa shape index (κ2) is 13.6. The van der Waals surface area contributed by atoms with E-state index in [0.717, 1.165) is 24.8 Å². The minimum Gasteiger partial charge on any atom is -0.488 e. The van der Waals surface area contributed by atoms with Crippen molar-refractivity contribution in [2.75, 3.05) is 46.5 Å². The van der Waals surface area contributed by atoms with Crippen LogP contribution in [0.2, 0.25) is 0 Å². The van der Waals surface area contributed by atoms with Crippen molar-refractivity contribution in [1.29, 1.82) is 0 Å². The first kappa shape index (κ1) is 26.3. The largest absolute Gasteiger partial charge is 0.488 e. The Morgan fingerprint density at radius 3 is 3.00 bits per heavy atom. The number of halogens is 1. The fraction of sp³-hybridized carbons (Fsp3) is 0.500. The van der Waals surface area contributed by atoms with Crippen molar-refractivity contribution < 1.29 is 23.8 Å². The Balaban J connectivity index is 1.70. The number of hydrogen-bond donors (Lipinski definition) is 1. The highest BCUT2D eigenvalue weighted by Crippen LogP contribution is 2.34. The number of ether oxygens (including phenoxy) is 2. The highest BCUT2D eigenvalue weighted by atomic mass is 32.1. The summed E-state index contributed by atoms with van der Waals surface area (Å²) in [4.78, 5) is 18.6. The molecule has 1 N–H and O–H groups in total. The number of carbonyl (C=O) groups excluding carboxylic acids is 1. The molecular weight excluding hydrogens is 455 g/mol. The van der Waals surface area contributed by atoms with Crippen LogP contribution in [-0.2, 0) is 16.0 Å². The smallest absolute Gasteiger partial charge is 0.237 e. The topological polar surface area (TPSA) is 62.2 Å². The van der Waals surface area contributed by atoms with Gasteiger partial charge in [0.2, 0.25) is 5.91 Å². The van der Waals surface area contributed by atoms with Crippen LogP contribution >= 0.6 is 11.3 Å². The van der Waals surface area contributed by atoms with Crippen molar-refractivity contribution in [3.8, 4) is 5.75 Å². The summed E-state index contributed by atoms with van der Waals surface area (Å²) in [5.41, 5.74) is 1.07. The van der Waals surface area contributed by atoms with Gasteiger partial charge in [-0.3, -0.25) is 9.69 Å². The van der Waals surface area contributed by atoms with Gasteiger partial charge in [0.15, 0.2) is 11.6 Å². The number of para-hydroxylation sites is 1. The zero-order valence-electron chi connectivity index (χ0n) is 19.8. The molecule has 0 radical (unpaired) electrons. The van der Waals surface area contributed by atoms with Gasteiger partial charge in [0, 0.05) is 38.2 Å². The number of thiophene rings is 1. The normalized spacial score (nSPS) is 16.4. The maximum atomic E-state index is 14.1. The van der Waals surface area contributed by atoms with Gasteiger partial charge in [0.1, 0.15) is 6.61 Å². The third-order valence-electron chi connectivity index (χ3n) is 6.00. The maximum Gasteiger partial charge on any atom is 0.237 e. The summed E-state index contributed by atoms with van der Waals surface area (Å²) in [6, 6.07) is 8.06. The summed E-state index contributed by atoms with van der Waals surface area (Å²) < 4.78 is 25.1. The standard InChI is InChI=1S/C26H35FN2O4S/c1-3-4-8-20(30)17-28(13-7-15-32-2)18-26(31)29-14-11-25-21(12-16-34-25)23(29)19-33-24-10-6-5-9-22(24)27/h3,5-6,9-10,12,16,20,23,30H,1,4,7-8,11,13-15,17-19H2,2H3. The Morgan fingerprint density at radius 2 is 2.24 bits per heavy atom. The zero-order chi connectivity index (χ0) is 24.3. The van der Waals surface area contributed by atoms with Gasteiger partial charge in [-0.2, -0.15) is 0 Å². The monoisotopic (exact) mass is 490 g/mol. The van der Waals surface area contributed by atoms with Gasteiger partial charge in [-0.1, -0.05) is 18.2 Å². The highest BCUT2D eigenvalue weighted by Gasteiger charge is 2.33. The fourth-order valence-corrected chi connectivity index (χ4v) is 5.18. The molecule has 2 heterocycles. The number of carbonyl (C=O) groups is 1. The molecule has 6 nitrogen and oxygen atoms in total. The van der Waals surface area contributed by atoms with Crippen molar-refractivity contribution in [2.45, 2.75) is 37.8 Å². The summed E-state index contributed by atoms with van der Waals surface area (Å²) >= 11 is 1.68. The molecule has 186 valence electrons. The van der Waals surface area contributed by atoms with E-state index in [2.05, 4.69) is 6.58 Å². The Bertz CT molecular complexity index is 922. The molecule has 3 rings (SSSR count). The number of amides is 1. The van der Waals surface area contributed by atoms with Crippen molar-refractivity contribution in [1.82, 2.24) is 9.80 Å². The van der Waals surface area contributed by atoms with Gasteiger partial charge < -0.3 is 19.5 Å². The first-order chi connectivity index (χ1) is 16.5. The summed E-state index contributed by atoms with van der Waals surface area (Å²) in [6.07, 6.45) is 4.16. The predicted molar refractivity (Wildman–Crippen MR) is 133 cm³/mol. The summed E-state index contributed by atoms with van der Waals surface area (Å²) in [7, 11) is 1.65. The number of nitrogens with zero attached hydrogens (tertiary/aromatic N) is 2. The highest BCUT2D eigenvalue weighted by molar-refractivity contribution is 7.10. The average Bonchev–Trinajstić information content (AvgIpc) is 3.31. The number of rotatable bonds is 14. The molecule has 1 amide bonds. The molecule has 1 aromatic carbocycles. The lowest BCUT2D eigenvalue weighted by Gasteiger charge is -2.37. The number of methoxy groups -OCH3 is 1. The van der Waals surface area contributed by atoms with E-state index >= 15 is 0 Å². The molecule has 34 heavy (non-hydrogen) atoms. The molecule has 1 aliphatic rings. The zero-order valence-corrected chi connectivity index (χ0v) is 20.6. The van der Waals surface area contributed by atoms with Crippen LogP contribution in [0.15, 0.2) is 48.4 Å². The van der Waals surface area contributed by atoms with Gasteiger partial charge >= 0.3 is 0 Å². The second-order valence-corrected chi connectivity index (χ2v) is 9.50. The van der Waals surface area contributed by atoms with Gasteiger partial charge in [-0.25, -0.2) is 4.39 Å². The van der Waals surface area contributed by atoms with E-state index in [0.29, 0.717) is 32.7 Å². The SMILES string of the molecule is C=CCCC(O)CN(CCCOC)CC(=O)N1CCc2sccc2C1COc1ccccc1F. The third-order valence-corrected chi connectivity index (χ3v) is 7.00. The molecule has 0 spiro atoms. The van der Waals surface area contributed by atoms with Crippen molar-refractivity contribution in [2.24, 2.45) is 0 Å². The van der Waals surface area contributed by atoms with E-state index in [9.17, 15) is 14.3 Å². The molecule has 8 heteroatoms. The third kappa shape index (κ3) is 7.37. The van der Waals surface area contributed by atoms with Crippen LogP contribution in [0.25, 0.3) is 0 Å². The molecular formula is C26H35FN2O4S. The quantitative estimate of drug-likeness (QED) is 0.320. The molecule has 0 fully saturated rings. The number of benzene rings is 1. The van der Waals surface area contributed by atoms with E-state index in [1.54, 1.807) is 42.7 Å². The molecule has 2 aromatic rings. The van der Waals surface area contributed by atoms with Gasteiger partial charge in [0.25, 0.3) is 0 Å². The summed E-state index contributed by atoms with van der Waals surface area (Å²) in [5, 5.41) is 12.5. The molecule has 1 aromatic heterocycles. The number of allylic oxidation sites excluding steroid dienone is 1. The van der Waals surface area contributed by atoms with Crippen LogP contribution < -0.4 is 4.74 Å². The maximum absolute atomic E-state index is 14.1. The average molecular weight is 491 g/mol. The van der Waals surface area contributed by atoms with Crippen LogP contribution in [0.3, 0.4) is 0 Å². The van der Waals surface area contributed by atoms with Crippen LogP contribution in [0.4, 0.5) is 4.39 Å². The van der Waals surface area contributed by atoms with E-state index in [-0.39, 0.29) is 30.9 Å². The number of aliphatic hydroxyl groups excluding tert-OH is 1. The number of hydrogen-bond acceptors (Lipinski definition) is 6. The first-order valence-corrected chi connectivity index (χ1v) is 12.6. The molecule has 0 saturated heterocycles. The van der Waals surface area contributed by atoms with Gasteiger partial charge in [-0.15, -0.1) is 17.9 Å². The van der Waals surface area contributed by atoms with E-state index in [1.165, 1.54) is 10.9 Å². The summed E-state index contributed by atoms with van der Waals surface area (Å²) in [5.74, 6) is -0.254. The Morgan fingerprint density at radius 1 is 1.41 bits per heavy atom. The predicted octanol–water partition coefficient (Wildman–Crippen LogP) is 4.06. The van der Waals surface area contributed by atoms with E-state index < -0.39 is 11.9 Å². The number of aliphatic hydroxyl groups is 1. The molecule has 2 atom stereocenters. The number of fused-ring (bicyclic) bond motifs is 1. The lowest BCUT2D eigenvalue weighted by Crippen LogP contribution is -2.48. The van der Waals surface area contributed by atoms with Gasteiger partial charge in [0.05, 0.1) is 18.7 Å². The minimum atomic E-state index is -0.529. The lowest BCUT2D eigenvalue weighted by atomic mass is 10.0. The Hall–Kier alpha value is -2.26. The molecule has 0 aliphatic carbocycles. The lowest BCUT2D eigenvalue weighted by molar-refractivity contribution is -0.136. The van der Waals surface area contributed by atoms with Crippen LogP contribution in [0, 0.1) is 5.82 Å². The molecule has 0 saturated carbocycles. The van der Waals surface area contributed by atoms with Gasteiger partial charge in [-0.05, 0) is 54.8 Å². The second-order valence-electron chi connectivity index (χ2n) is 8.49. The molecule has 0 bridgehead atoms. The van der Waals surface area contributed by atoms with Crippen LogP contribution in [0.1, 0.15) is 35.7 Å². The fourth-order valence-electron chi connectivity index (χ4n) is 4.25.